The van der Waals surface area contributed by atoms with E-state index in [2.05, 4.69) is 200 Å². The van der Waals surface area contributed by atoms with Crippen LogP contribution in [0, 0.1) is 38.5 Å². The summed E-state index contributed by atoms with van der Waals surface area (Å²) in [7, 11) is -8.84. The Morgan fingerprint density at radius 1 is 0.419 bits per heavy atom. The number of hydrogen-bond acceptors (Lipinski definition) is 21. The van der Waals surface area contributed by atoms with Crippen LogP contribution in [0.25, 0.3) is 0 Å². The van der Waals surface area contributed by atoms with Crippen LogP contribution in [-0.4, -0.2) is 158 Å². The van der Waals surface area contributed by atoms with Gasteiger partial charge in [-0.1, -0.05) is 342 Å². The van der Waals surface area contributed by atoms with Crippen molar-refractivity contribution in [1.29, 1.82) is 0 Å². The van der Waals surface area contributed by atoms with Crippen molar-refractivity contribution >= 4 is 61.7 Å². The largest absolute Gasteiger partial charge is 1.00 e. The fraction of sp³-hybridized carbons (Fsp3) is 0.602. The molecule has 6 unspecified atom stereocenters. The number of benzene rings is 6. The van der Waals surface area contributed by atoms with Gasteiger partial charge in [-0.15, -0.1) is 0 Å². The molecule has 0 heterocycles. The molecule has 23 nitrogen and oxygen atoms in total. The van der Waals surface area contributed by atoms with Crippen molar-refractivity contribution in [3.63, 3.8) is 0 Å². The van der Waals surface area contributed by atoms with Gasteiger partial charge >= 0.3 is 129 Å². The zero-order chi connectivity index (χ0) is 81.8. The molecule has 0 aromatic heterocycles. The van der Waals surface area contributed by atoms with Gasteiger partial charge in [0.2, 0.25) is 16.8 Å². The van der Waals surface area contributed by atoms with Gasteiger partial charge in [-0.05, 0) is 186 Å². The number of hydrogen-bond donors (Lipinski definition) is 10. The molecule has 15 N–H and O–H groups in total. The average Bonchev–Trinajstić information content (AvgIpc) is 0.916. The van der Waals surface area contributed by atoms with Crippen molar-refractivity contribution in [3.8, 4) is 0 Å². The van der Waals surface area contributed by atoms with Gasteiger partial charge in [0.05, 0.1) is 13.2 Å². The fourth-order valence-corrected chi connectivity index (χ4v) is 9.61. The molecule has 6 rings (SSSR count). The van der Waals surface area contributed by atoms with Gasteiger partial charge in [0.25, 0.3) is 0 Å². The smallest absolute Gasteiger partial charge is 0.870 e. The normalized spacial score (nSPS) is 10.2. The third-order valence-electron chi connectivity index (χ3n) is 17.1. The number of carbonyl (C=O) groups excluding carboxylic acids is 3. The minimum absolute atomic E-state index is 0. The number of carboxylic acid groups (broad SMARTS) is 2. The van der Waals surface area contributed by atoms with E-state index in [4.69, 9.17) is 27.5 Å². The topological polar surface area (TPSA) is 422 Å². The molecular weight excluding hydrogens is 1700 g/mol. The predicted octanol–water partition coefficient (Wildman–Crippen LogP) is 6.61. The molecule has 6 aromatic rings. The monoisotopic (exact) mass is 1900 g/mol. The predicted molar refractivity (Wildman–Crippen MR) is 549 cm³/mol. The van der Waals surface area contributed by atoms with E-state index in [1.165, 1.54) is 58.2 Å². The van der Waals surface area contributed by atoms with Gasteiger partial charge < -0.3 is 79.3 Å². The van der Waals surface area contributed by atoms with E-state index in [0.717, 1.165) is 89.0 Å². The summed E-state index contributed by atoms with van der Waals surface area (Å²) in [6, 6.07) is 54.4. The maximum Gasteiger partial charge on any atom is 1.00 e. The summed E-state index contributed by atoms with van der Waals surface area (Å²) in [5.41, 5.74) is 33.1. The third-order valence-corrected chi connectivity index (χ3v) is 18.0. The molecule has 0 aliphatic rings. The molecule has 738 valence electrons. The van der Waals surface area contributed by atoms with Crippen LogP contribution in [0.1, 0.15) is 293 Å². The Bertz CT molecular complexity index is 3190. The summed E-state index contributed by atoms with van der Waals surface area (Å²) in [5.74, 6) is -0.517. The molecule has 0 bridgehead atoms. The Morgan fingerprint density at radius 3 is 0.953 bits per heavy atom. The quantitative estimate of drug-likeness (QED) is 0.00482. The first-order valence-corrected chi connectivity index (χ1v) is 41.0. The van der Waals surface area contributed by atoms with Gasteiger partial charge in [0, 0.05) is 99.4 Å². The summed E-state index contributed by atoms with van der Waals surface area (Å²) >= 11 is 0. The van der Waals surface area contributed by atoms with Gasteiger partial charge in [-0.2, -0.15) is 8.42 Å². The molecule has 1 amide bonds. The molecule has 31 heteroatoms. The molecular formula is C98H195B2N9Na4O14S2. The molecule has 6 radical (unpaired) electrons. The maximum absolute atomic E-state index is 10.5. The first-order valence-electron chi connectivity index (χ1n) is 38.3. The number of anilines is 1. The number of aryl methyl sites for hydroxylation is 7. The van der Waals surface area contributed by atoms with E-state index in [-0.39, 0.29) is 270 Å². The summed E-state index contributed by atoms with van der Waals surface area (Å²) in [5, 5.41) is 36.1. The number of amides is 1. The van der Waals surface area contributed by atoms with Gasteiger partial charge in [0.1, 0.15) is 0 Å². The van der Waals surface area contributed by atoms with Crippen molar-refractivity contribution in [2.45, 2.75) is 295 Å². The molecule has 0 aliphatic heterocycles. The van der Waals surface area contributed by atoms with Gasteiger partial charge in [0.15, 0.2) is 0 Å². The second-order valence-corrected chi connectivity index (χ2v) is 28.5. The minimum Gasteiger partial charge on any atom is -0.870 e. The van der Waals surface area contributed by atoms with Crippen LogP contribution in [-0.2, 0) is 69.2 Å². The van der Waals surface area contributed by atoms with Crippen molar-refractivity contribution < 1.29 is 183 Å². The zero-order valence-corrected chi connectivity index (χ0v) is 82.6. The van der Waals surface area contributed by atoms with Crippen molar-refractivity contribution in [2.24, 2.45) is 35.0 Å². The van der Waals surface area contributed by atoms with Crippen LogP contribution in [0.2, 0.25) is 0 Å². The Morgan fingerprint density at radius 2 is 0.705 bits per heavy atom. The van der Waals surface area contributed by atoms with Crippen LogP contribution in [0.5, 0.6) is 0 Å². The fourth-order valence-electron chi connectivity index (χ4n) is 8.96. The summed E-state index contributed by atoms with van der Waals surface area (Å²) < 4.78 is 67.3. The van der Waals surface area contributed by atoms with Crippen LogP contribution in [0.3, 0.4) is 0 Å². The summed E-state index contributed by atoms with van der Waals surface area (Å²) in [4.78, 5) is 30.1. The zero-order valence-electron chi connectivity index (χ0n) is 73.0. The first kappa shape index (κ1) is 189. The third kappa shape index (κ3) is 123. The average molecular weight is 1900 g/mol. The summed E-state index contributed by atoms with van der Waals surface area (Å²) in [6.45, 7) is 36.0. The van der Waals surface area contributed by atoms with Crippen LogP contribution in [0.4, 0.5) is 5.69 Å². The van der Waals surface area contributed by atoms with Gasteiger partial charge in [-0.3, -0.25) is 13.5 Å². The number of rotatable bonds is 41. The number of aliphatic carboxylic acids is 2. The minimum atomic E-state index is -4.54. The molecule has 0 saturated heterocycles. The second kappa shape index (κ2) is 127. The number of nitrogen functional groups attached to an aromatic ring is 1. The molecule has 129 heavy (non-hydrogen) atoms. The van der Waals surface area contributed by atoms with E-state index >= 15 is 0 Å². The Hall–Kier alpha value is -2.92. The molecule has 6 atom stereocenters. The number of nitrogens with two attached hydrogens (primary N) is 4. The molecule has 0 spiro atoms. The molecule has 0 saturated carbocycles. The van der Waals surface area contributed by atoms with Crippen LogP contribution >= 0.6 is 0 Å². The Labute approximate surface area is 890 Å². The molecule has 6 aromatic carbocycles. The van der Waals surface area contributed by atoms with Crippen molar-refractivity contribution in [3.05, 3.63) is 208 Å². The molecule has 0 aliphatic carbocycles. The van der Waals surface area contributed by atoms with E-state index in [9.17, 15) is 46.0 Å². The Kier molecular flexibility index (Phi) is 187. The van der Waals surface area contributed by atoms with Crippen molar-refractivity contribution in [2.75, 3.05) is 90.9 Å². The van der Waals surface area contributed by atoms with E-state index in [0.29, 0.717) is 94.2 Å². The molecule has 0 fully saturated rings. The van der Waals surface area contributed by atoms with E-state index in [1.54, 1.807) is 26.0 Å². The van der Waals surface area contributed by atoms with E-state index in [1.807, 2.05) is 57.2 Å². The summed E-state index contributed by atoms with van der Waals surface area (Å²) in [6.07, 6.45) is 12.7. The number of carbonyl (C=O) groups is 3. The first-order chi connectivity index (χ1) is 51.4. The van der Waals surface area contributed by atoms with Crippen molar-refractivity contribution in [1.82, 2.24) is 26.6 Å². The van der Waals surface area contributed by atoms with Gasteiger partial charge in [-0.25, -0.2) is 12.6 Å². The Balaban J connectivity index is -0.0000000440. The SMILES string of the molecule is C.C.C.C.C.C.C.C.C.C.C.C.C.C.CCC(C)C(=O)[O-].CCC(C)C(=O)[O-].CCC(C)C(CNC=O)NCCNCCCc1ccc(C)cc1.CCC(C)c1ccccc1.CCC(C)c1ccccc1.Cc1ccc(CCCNCCNCCN)cc1.Cc1ccc(CCCOS(=O)(=O)[O-])cc1.NCCN.Nc1ccc(CCCOS(=O)(=O)O)cc1.[B].[B].[Na+].[Na+].[Na+].[Na+].[OH-]. The maximum atomic E-state index is 10.5. The second-order valence-electron chi connectivity index (χ2n) is 26.4. The van der Waals surface area contributed by atoms with E-state index < -0.39 is 32.7 Å². The van der Waals surface area contributed by atoms with Crippen LogP contribution in [0.15, 0.2) is 158 Å². The number of nitrogens with one attached hydrogen (secondary N) is 5. The number of carboxylic acids is 2. The van der Waals surface area contributed by atoms with Crippen LogP contribution < -0.4 is 178 Å². The standard InChI is InChI=1S/C19H33N3O.C14H25N3.C10H14O4S.2C10H14.C9H13NO4S.2C5H10O2.C2H8N2.14CH4.2B.4Na.H2O/c1-4-17(3)19(14-21-15-23)22-13-12-20-11-5-6-18-9-7-16(2)8-10-18;1-13-4-6-14(7-5-13)3-2-9-16-11-12-17-10-8-15;1-9-4-6-10(7-5-9)3-2-8-14-15(11,12)13;2*1-3-9(2)10-7-5-4-6-8-10;10-9-5-3-8(4-6-9)2-1-7-14-15(11,12)13;2*1-3-4(2)5(6)7;3-1-2-4;;;;;;;;;;;;;;;;;;;;;/h7-10,15,17,19-20,22H,4-6,11-14H2,1-3H3,(H,21,23);4-7,16-17H,2-3,8-12,15H2,1H3;4-7H,2-3,8H2,1H3,(H,11,12,13);2*4-9H,3H2,1-2H3;3-6H,1-2,7,10H2,(H,11,12,13);2*4H,3H2,1-2H3,(H,6,7);1-4H2;14*1H4;;;;;;;1H2/q;;;;;;;;;;;;;;;;;;;;;;;;;4*+1;/p-4.